The molecule has 3 nitrogen and oxygen atoms in total. The van der Waals surface area contributed by atoms with Crippen LogP contribution >= 0.6 is 39.1 Å². The van der Waals surface area contributed by atoms with E-state index in [1.165, 1.54) is 0 Å². The molecule has 1 unspecified atom stereocenters. The predicted molar refractivity (Wildman–Crippen MR) is 89.5 cm³/mol. The molecule has 1 aromatic heterocycles. The van der Waals surface area contributed by atoms with Crippen LogP contribution < -0.4 is 11.3 Å². The van der Waals surface area contributed by atoms with Gasteiger partial charge in [0.1, 0.15) is 11.8 Å². The van der Waals surface area contributed by atoms with Gasteiger partial charge in [-0.1, -0.05) is 41.4 Å². The van der Waals surface area contributed by atoms with Crippen LogP contribution in [0.15, 0.2) is 51.4 Å². The first kappa shape index (κ1) is 14.9. The van der Waals surface area contributed by atoms with Crippen molar-refractivity contribution in [3.8, 4) is 0 Å². The van der Waals surface area contributed by atoms with Crippen LogP contribution in [0, 0.1) is 0 Å². The molecular weight excluding hydrogens is 375 g/mol. The van der Waals surface area contributed by atoms with E-state index in [-0.39, 0.29) is 6.04 Å². The predicted octanol–water partition coefficient (Wildman–Crippen LogP) is 5.05. The number of hydrazine groups is 1. The molecule has 21 heavy (non-hydrogen) atoms. The third-order valence-electron chi connectivity index (χ3n) is 3.24. The third kappa shape index (κ3) is 2.82. The maximum atomic E-state index is 6.14. The topological polar surface area (TPSA) is 51.2 Å². The Kier molecular flexibility index (Phi) is 4.24. The molecule has 108 valence electrons. The van der Waals surface area contributed by atoms with Crippen molar-refractivity contribution in [3.63, 3.8) is 0 Å². The summed E-state index contributed by atoms with van der Waals surface area (Å²) in [5.74, 6) is 6.37. The van der Waals surface area contributed by atoms with Gasteiger partial charge in [0.05, 0.1) is 10.0 Å². The molecular formula is C15H11BrCl2N2O. The molecule has 0 saturated heterocycles. The molecule has 0 aliphatic heterocycles. The quantitative estimate of drug-likeness (QED) is 0.489. The van der Waals surface area contributed by atoms with Crippen molar-refractivity contribution in [3.05, 3.63) is 68.3 Å². The van der Waals surface area contributed by atoms with Crippen LogP contribution in [-0.2, 0) is 0 Å². The SMILES string of the molecule is NNC(c1ccc(Br)c(Cl)c1)c1cc2cccc(Cl)c2o1. The van der Waals surface area contributed by atoms with Gasteiger partial charge in [-0.05, 0) is 45.8 Å². The van der Waals surface area contributed by atoms with Gasteiger partial charge in [-0.15, -0.1) is 0 Å². The first-order valence-electron chi connectivity index (χ1n) is 6.19. The van der Waals surface area contributed by atoms with Crippen LogP contribution in [-0.4, -0.2) is 0 Å². The van der Waals surface area contributed by atoms with Gasteiger partial charge in [-0.2, -0.15) is 0 Å². The molecule has 3 N–H and O–H groups in total. The van der Waals surface area contributed by atoms with E-state index >= 15 is 0 Å². The van der Waals surface area contributed by atoms with Gasteiger partial charge in [-0.25, -0.2) is 5.43 Å². The maximum Gasteiger partial charge on any atom is 0.152 e. The van der Waals surface area contributed by atoms with E-state index in [1.54, 1.807) is 6.07 Å². The lowest BCUT2D eigenvalue weighted by molar-refractivity contribution is 0.477. The van der Waals surface area contributed by atoms with E-state index in [1.807, 2.05) is 36.4 Å². The van der Waals surface area contributed by atoms with Crippen molar-refractivity contribution >= 4 is 50.1 Å². The number of benzene rings is 2. The number of nitrogens with one attached hydrogen (secondary N) is 1. The van der Waals surface area contributed by atoms with E-state index in [0.29, 0.717) is 21.4 Å². The number of fused-ring (bicyclic) bond motifs is 1. The Hall–Kier alpha value is -1.04. The van der Waals surface area contributed by atoms with Gasteiger partial charge >= 0.3 is 0 Å². The van der Waals surface area contributed by atoms with Crippen LogP contribution in [0.25, 0.3) is 11.0 Å². The summed E-state index contributed by atoms with van der Waals surface area (Å²) >= 11 is 15.6. The number of halogens is 3. The van der Waals surface area contributed by atoms with Gasteiger partial charge in [0.15, 0.2) is 5.58 Å². The van der Waals surface area contributed by atoms with E-state index < -0.39 is 0 Å². The molecule has 0 amide bonds. The lowest BCUT2D eigenvalue weighted by Crippen LogP contribution is -2.28. The van der Waals surface area contributed by atoms with Crippen LogP contribution in [0.3, 0.4) is 0 Å². The highest BCUT2D eigenvalue weighted by Gasteiger charge is 2.19. The molecule has 6 heteroatoms. The Labute approximate surface area is 140 Å². The van der Waals surface area contributed by atoms with Crippen molar-refractivity contribution in [1.82, 2.24) is 5.43 Å². The molecule has 0 aliphatic carbocycles. The number of para-hydroxylation sites is 1. The minimum Gasteiger partial charge on any atom is -0.457 e. The first-order valence-corrected chi connectivity index (χ1v) is 7.74. The second-order valence-corrected chi connectivity index (χ2v) is 6.25. The van der Waals surface area contributed by atoms with Crippen molar-refractivity contribution < 1.29 is 4.42 Å². The number of hydrogen-bond donors (Lipinski definition) is 2. The van der Waals surface area contributed by atoms with Gasteiger partial charge < -0.3 is 4.42 Å². The summed E-state index contributed by atoms with van der Waals surface area (Å²) in [5, 5.41) is 2.12. The molecule has 3 rings (SSSR count). The van der Waals surface area contributed by atoms with E-state index in [4.69, 9.17) is 33.5 Å². The molecule has 0 saturated carbocycles. The second-order valence-electron chi connectivity index (χ2n) is 4.58. The first-order chi connectivity index (χ1) is 10.1. The number of hydrogen-bond acceptors (Lipinski definition) is 3. The molecule has 0 spiro atoms. The zero-order chi connectivity index (χ0) is 15.0. The Morgan fingerprint density at radius 1 is 1.10 bits per heavy atom. The van der Waals surface area contributed by atoms with E-state index in [2.05, 4.69) is 21.4 Å². The summed E-state index contributed by atoms with van der Waals surface area (Å²) in [6.07, 6.45) is 0. The average Bonchev–Trinajstić information content (AvgIpc) is 2.89. The summed E-state index contributed by atoms with van der Waals surface area (Å²) in [5.41, 5.74) is 4.31. The molecule has 0 aliphatic rings. The monoisotopic (exact) mass is 384 g/mol. The average molecular weight is 386 g/mol. The van der Waals surface area contributed by atoms with Gasteiger partial charge in [0.25, 0.3) is 0 Å². The van der Waals surface area contributed by atoms with Crippen molar-refractivity contribution in [2.45, 2.75) is 6.04 Å². The van der Waals surface area contributed by atoms with Crippen molar-refractivity contribution in [1.29, 1.82) is 0 Å². The van der Waals surface area contributed by atoms with Crippen LogP contribution in [0.4, 0.5) is 0 Å². The fourth-order valence-corrected chi connectivity index (χ4v) is 2.88. The molecule has 2 aromatic carbocycles. The summed E-state index contributed by atoms with van der Waals surface area (Å²) in [7, 11) is 0. The van der Waals surface area contributed by atoms with Gasteiger partial charge in [0.2, 0.25) is 0 Å². The van der Waals surface area contributed by atoms with E-state index in [9.17, 15) is 0 Å². The third-order valence-corrected chi connectivity index (χ3v) is 4.77. The Balaban J connectivity index is 2.09. The summed E-state index contributed by atoms with van der Waals surface area (Å²) < 4.78 is 6.68. The zero-order valence-corrected chi connectivity index (χ0v) is 13.8. The van der Waals surface area contributed by atoms with E-state index in [0.717, 1.165) is 15.4 Å². The van der Waals surface area contributed by atoms with Gasteiger partial charge in [-0.3, -0.25) is 5.84 Å². The summed E-state index contributed by atoms with van der Waals surface area (Å²) in [4.78, 5) is 0. The Morgan fingerprint density at radius 2 is 1.90 bits per heavy atom. The highest BCUT2D eigenvalue weighted by atomic mass is 79.9. The minimum absolute atomic E-state index is 0.306. The number of rotatable bonds is 3. The maximum absolute atomic E-state index is 6.14. The van der Waals surface area contributed by atoms with Crippen LogP contribution in [0.2, 0.25) is 10.0 Å². The largest absolute Gasteiger partial charge is 0.457 e. The molecule has 3 aromatic rings. The van der Waals surface area contributed by atoms with Crippen LogP contribution in [0.1, 0.15) is 17.4 Å². The summed E-state index contributed by atoms with van der Waals surface area (Å²) in [6.45, 7) is 0. The highest BCUT2D eigenvalue weighted by molar-refractivity contribution is 9.10. The highest BCUT2D eigenvalue weighted by Crippen LogP contribution is 2.33. The van der Waals surface area contributed by atoms with Crippen LogP contribution in [0.5, 0.6) is 0 Å². The normalized spacial score (nSPS) is 12.8. The number of nitrogens with two attached hydrogens (primary N) is 1. The number of furan rings is 1. The van der Waals surface area contributed by atoms with Crippen molar-refractivity contribution in [2.75, 3.05) is 0 Å². The molecule has 0 bridgehead atoms. The second kappa shape index (κ2) is 5.99. The Bertz CT molecular complexity index is 803. The molecule has 1 heterocycles. The Morgan fingerprint density at radius 3 is 2.57 bits per heavy atom. The van der Waals surface area contributed by atoms with Gasteiger partial charge in [0, 0.05) is 9.86 Å². The summed E-state index contributed by atoms with van der Waals surface area (Å²) in [6, 6.07) is 12.9. The molecule has 1 atom stereocenters. The zero-order valence-electron chi connectivity index (χ0n) is 10.7. The smallest absolute Gasteiger partial charge is 0.152 e. The lowest BCUT2D eigenvalue weighted by atomic mass is 10.1. The fraction of sp³-hybridized carbons (Fsp3) is 0.0667. The van der Waals surface area contributed by atoms with Crippen molar-refractivity contribution in [2.24, 2.45) is 5.84 Å². The molecule has 0 fully saturated rings. The molecule has 0 radical (unpaired) electrons. The standard InChI is InChI=1S/C15H11BrCl2N2O/c16-10-5-4-8(6-12(10)18)14(20-19)13-7-9-2-1-3-11(17)15(9)21-13/h1-7,14,20H,19H2. The fourth-order valence-electron chi connectivity index (χ4n) is 2.22. The lowest BCUT2D eigenvalue weighted by Gasteiger charge is -2.14. The minimum atomic E-state index is -0.306.